The van der Waals surface area contributed by atoms with E-state index >= 15 is 0 Å². The summed E-state index contributed by atoms with van der Waals surface area (Å²) in [7, 11) is -3.61. The Morgan fingerprint density at radius 1 is 1.48 bits per heavy atom. The van der Waals surface area contributed by atoms with Crippen molar-refractivity contribution in [2.24, 2.45) is 0 Å². The molecule has 0 aliphatic carbocycles. The molecule has 122 valence electrons. The van der Waals surface area contributed by atoms with Gasteiger partial charge in [-0.2, -0.15) is 0 Å². The predicted octanol–water partition coefficient (Wildman–Crippen LogP) is 2.79. The average molecular weight is 369 g/mol. The van der Waals surface area contributed by atoms with Crippen LogP contribution in [0.2, 0.25) is 0 Å². The second kappa shape index (κ2) is 5.99. The zero-order valence-electron chi connectivity index (χ0n) is 12.2. The lowest BCUT2D eigenvalue weighted by Crippen LogP contribution is -2.17. The Kier molecular flexibility index (Phi) is 4.17. The van der Waals surface area contributed by atoms with Crippen LogP contribution in [0.1, 0.15) is 12.5 Å². The number of sulfonamides is 1. The summed E-state index contributed by atoms with van der Waals surface area (Å²) in [5.41, 5.74) is 8.38. The van der Waals surface area contributed by atoms with Crippen LogP contribution in [0, 0.1) is 0 Å². The van der Waals surface area contributed by atoms with Crippen molar-refractivity contribution in [1.82, 2.24) is 0 Å². The number of anilines is 3. The lowest BCUT2D eigenvalue weighted by molar-refractivity contribution is 0.217. The predicted molar refractivity (Wildman–Crippen MR) is 96.5 cm³/mol. The Balaban J connectivity index is 1.97. The Morgan fingerprint density at radius 3 is 2.96 bits per heavy atom. The summed E-state index contributed by atoms with van der Waals surface area (Å²) in [6.07, 6.45) is 0.445. The molecule has 1 aliphatic rings. The summed E-state index contributed by atoms with van der Waals surface area (Å²) in [5.74, 6) is 0. The summed E-state index contributed by atoms with van der Waals surface area (Å²) in [4.78, 5) is 0. The molecule has 1 atom stereocenters. The Labute approximate surface area is 143 Å². The van der Waals surface area contributed by atoms with E-state index in [9.17, 15) is 8.42 Å². The monoisotopic (exact) mass is 369 g/mol. The van der Waals surface area contributed by atoms with Crippen LogP contribution in [0.4, 0.5) is 17.1 Å². The maximum Gasteiger partial charge on any atom is 0.271 e. The molecule has 2 aromatic rings. The Morgan fingerprint density at radius 2 is 2.26 bits per heavy atom. The van der Waals surface area contributed by atoms with E-state index in [4.69, 9.17) is 22.7 Å². The number of hydrogen-bond acceptors (Lipinski definition) is 6. The minimum Gasteiger partial charge on any atom is -0.467 e. The summed E-state index contributed by atoms with van der Waals surface area (Å²) in [6, 6.07) is 6.55. The Bertz CT molecular complexity index is 848. The molecule has 0 radical (unpaired) electrons. The fourth-order valence-corrected chi connectivity index (χ4v) is 4.69. The van der Waals surface area contributed by atoms with Crippen LogP contribution in [0.15, 0.2) is 33.9 Å². The van der Waals surface area contributed by atoms with E-state index in [2.05, 4.69) is 10.0 Å². The number of rotatable bonds is 3. The highest BCUT2D eigenvalue weighted by Gasteiger charge is 2.21. The molecule has 3 rings (SSSR count). The lowest BCUT2D eigenvalue weighted by atomic mass is 10.0. The minimum absolute atomic E-state index is 0.125. The van der Waals surface area contributed by atoms with Crippen molar-refractivity contribution in [2.45, 2.75) is 23.7 Å². The largest absolute Gasteiger partial charge is 0.467 e. The van der Waals surface area contributed by atoms with E-state index in [1.165, 1.54) is 0 Å². The van der Waals surface area contributed by atoms with E-state index in [0.717, 1.165) is 16.9 Å². The number of thiophene rings is 1. The van der Waals surface area contributed by atoms with E-state index in [1.54, 1.807) is 29.6 Å². The molecule has 0 bridgehead atoms. The number of benzene rings is 1. The van der Waals surface area contributed by atoms with Crippen molar-refractivity contribution in [1.29, 1.82) is 0 Å². The zero-order chi connectivity index (χ0) is 16.6. The number of nitrogen functional groups attached to an aromatic ring is 1. The topological polar surface area (TPSA) is 93.5 Å². The average Bonchev–Trinajstić information content (AvgIpc) is 2.92. The van der Waals surface area contributed by atoms with Crippen LogP contribution < -0.4 is 15.8 Å². The van der Waals surface area contributed by atoms with Crippen LogP contribution in [0.25, 0.3) is 0 Å². The van der Waals surface area contributed by atoms with Crippen LogP contribution in [-0.2, 0) is 21.2 Å². The van der Waals surface area contributed by atoms with Gasteiger partial charge < -0.3 is 15.8 Å². The molecule has 6 nitrogen and oxygen atoms in total. The number of thiocarbonyl (C=S) groups is 1. The van der Waals surface area contributed by atoms with Gasteiger partial charge in [0.2, 0.25) is 0 Å². The van der Waals surface area contributed by atoms with Crippen molar-refractivity contribution in [2.75, 3.05) is 15.8 Å². The lowest BCUT2D eigenvalue weighted by Gasteiger charge is -2.14. The molecule has 1 aromatic heterocycles. The van der Waals surface area contributed by atoms with Gasteiger partial charge in [-0.3, -0.25) is 4.72 Å². The smallest absolute Gasteiger partial charge is 0.271 e. The molecule has 0 spiro atoms. The van der Waals surface area contributed by atoms with E-state index < -0.39 is 10.0 Å². The molecule has 9 heteroatoms. The maximum atomic E-state index is 12.3. The van der Waals surface area contributed by atoms with Crippen LogP contribution in [0.5, 0.6) is 0 Å². The SMILES string of the molecule is CC1Cc2cc(NS(=O)(=O)c3cccs3)cc(N)c2NC(=S)O1. The van der Waals surface area contributed by atoms with Gasteiger partial charge in [-0.1, -0.05) is 6.07 Å². The molecular formula is C14H15N3O3S3. The van der Waals surface area contributed by atoms with Crippen LogP contribution in [-0.4, -0.2) is 19.7 Å². The zero-order valence-corrected chi connectivity index (χ0v) is 14.6. The first kappa shape index (κ1) is 16.0. The molecule has 0 saturated heterocycles. The molecule has 4 N–H and O–H groups in total. The number of ether oxygens (including phenoxy) is 1. The highest BCUT2D eigenvalue weighted by Crippen LogP contribution is 2.33. The fourth-order valence-electron chi connectivity index (χ4n) is 2.39. The van der Waals surface area contributed by atoms with Gasteiger partial charge in [-0.25, -0.2) is 8.42 Å². The quantitative estimate of drug-likeness (QED) is 0.569. The van der Waals surface area contributed by atoms with Crippen LogP contribution >= 0.6 is 23.6 Å². The van der Waals surface area contributed by atoms with E-state index in [0.29, 0.717) is 23.5 Å². The first-order valence-electron chi connectivity index (χ1n) is 6.81. The van der Waals surface area contributed by atoms with Gasteiger partial charge in [-0.05, 0) is 48.3 Å². The van der Waals surface area contributed by atoms with Crippen molar-refractivity contribution in [3.63, 3.8) is 0 Å². The number of nitrogens with two attached hydrogens (primary N) is 1. The summed E-state index contributed by atoms with van der Waals surface area (Å²) in [6.45, 7) is 1.89. The molecular weight excluding hydrogens is 354 g/mol. The molecule has 2 heterocycles. The number of fused-ring (bicyclic) bond motifs is 1. The molecule has 0 amide bonds. The molecule has 23 heavy (non-hydrogen) atoms. The van der Waals surface area contributed by atoms with Crippen molar-refractivity contribution < 1.29 is 13.2 Å². The van der Waals surface area contributed by atoms with Gasteiger partial charge >= 0.3 is 0 Å². The van der Waals surface area contributed by atoms with Gasteiger partial charge in [0, 0.05) is 6.42 Å². The summed E-state index contributed by atoms with van der Waals surface area (Å²) < 4.78 is 32.9. The second-order valence-electron chi connectivity index (χ2n) is 5.18. The molecule has 0 saturated carbocycles. The van der Waals surface area contributed by atoms with E-state index in [-0.39, 0.29) is 15.5 Å². The van der Waals surface area contributed by atoms with Gasteiger partial charge in [-0.15, -0.1) is 11.3 Å². The maximum absolute atomic E-state index is 12.3. The minimum atomic E-state index is -3.61. The molecule has 1 unspecified atom stereocenters. The number of hydrogen-bond donors (Lipinski definition) is 3. The second-order valence-corrected chi connectivity index (χ2v) is 8.41. The third kappa shape index (κ3) is 3.41. The summed E-state index contributed by atoms with van der Waals surface area (Å²) >= 11 is 6.24. The van der Waals surface area contributed by atoms with E-state index in [1.807, 2.05) is 6.92 Å². The van der Waals surface area contributed by atoms with Gasteiger partial charge in [0.05, 0.1) is 17.1 Å². The van der Waals surface area contributed by atoms with Gasteiger partial charge in [0.15, 0.2) is 0 Å². The van der Waals surface area contributed by atoms with Crippen molar-refractivity contribution in [3.8, 4) is 0 Å². The normalized spacial score (nSPS) is 17.6. The van der Waals surface area contributed by atoms with Crippen molar-refractivity contribution in [3.05, 3.63) is 35.2 Å². The Hall–Kier alpha value is -1.84. The highest BCUT2D eigenvalue weighted by molar-refractivity contribution is 7.94. The molecule has 0 fully saturated rings. The van der Waals surface area contributed by atoms with Crippen molar-refractivity contribution >= 4 is 55.8 Å². The third-order valence-electron chi connectivity index (χ3n) is 3.31. The van der Waals surface area contributed by atoms with Gasteiger partial charge in [0.25, 0.3) is 15.2 Å². The number of nitrogens with one attached hydrogen (secondary N) is 2. The van der Waals surface area contributed by atoms with Crippen LogP contribution in [0.3, 0.4) is 0 Å². The molecule has 1 aromatic carbocycles. The standard InChI is InChI=1S/C14H15N3O3S3/c1-8-5-9-6-10(7-11(15)13(9)16-14(21)20-8)17-23(18,19)12-3-2-4-22-12/h2-4,6-8,17H,5,15H2,1H3,(H,16,21). The molecule has 1 aliphatic heterocycles. The first-order chi connectivity index (χ1) is 10.8. The van der Waals surface area contributed by atoms with Gasteiger partial charge in [0.1, 0.15) is 10.3 Å². The summed E-state index contributed by atoms with van der Waals surface area (Å²) in [5, 5.41) is 4.92. The third-order valence-corrected chi connectivity index (χ3v) is 6.28. The highest BCUT2D eigenvalue weighted by atomic mass is 32.2. The first-order valence-corrected chi connectivity index (χ1v) is 9.58. The fraction of sp³-hybridized carbons (Fsp3) is 0.214.